The van der Waals surface area contributed by atoms with Gasteiger partial charge in [0.1, 0.15) is 11.6 Å². The van der Waals surface area contributed by atoms with Crippen LogP contribution in [0.1, 0.15) is 18.4 Å². The topological polar surface area (TPSA) is 69.0 Å². The lowest BCUT2D eigenvalue weighted by Crippen LogP contribution is -2.29. The number of benzene rings is 1. The molecule has 1 aliphatic carbocycles. The lowest BCUT2D eigenvalue weighted by Gasteiger charge is -2.16. The Labute approximate surface area is 153 Å². The molecule has 1 amide bonds. The first-order valence-corrected chi connectivity index (χ1v) is 8.35. The first-order valence-electron chi connectivity index (χ1n) is 8.35. The summed E-state index contributed by atoms with van der Waals surface area (Å²) in [5.74, 6) is -0.609. The number of amides is 1. The van der Waals surface area contributed by atoms with Crippen molar-refractivity contribution in [2.75, 3.05) is 12.4 Å². The van der Waals surface area contributed by atoms with Gasteiger partial charge in [-0.3, -0.25) is 4.79 Å². The van der Waals surface area contributed by atoms with E-state index in [1.54, 1.807) is 24.4 Å². The molecule has 0 unspecified atom stereocenters. The summed E-state index contributed by atoms with van der Waals surface area (Å²) in [6.07, 6.45) is 4.00. The predicted octanol–water partition coefficient (Wildman–Crippen LogP) is 3.22. The van der Waals surface area contributed by atoms with Gasteiger partial charge < -0.3 is 10.1 Å². The smallest absolute Gasteiger partial charge is 0.236 e. The van der Waals surface area contributed by atoms with Crippen LogP contribution in [-0.2, 0) is 10.2 Å². The first-order chi connectivity index (χ1) is 13.0. The zero-order chi connectivity index (χ0) is 19.0. The monoisotopic (exact) mass is 370 g/mol. The second kappa shape index (κ2) is 6.46. The summed E-state index contributed by atoms with van der Waals surface area (Å²) in [6, 6.07) is 8.79. The van der Waals surface area contributed by atoms with Gasteiger partial charge in [-0.2, -0.15) is 9.49 Å². The summed E-state index contributed by atoms with van der Waals surface area (Å²) in [6.45, 7) is 0. The van der Waals surface area contributed by atoms with Crippen molar-refractivity contribution >= 4 is 11.7 Å². The Morgan fingerprint density at radius 3 is 2.74 bits per heavy atom. The van der Waals surface area contributed by atoms with Crippen molar-refractivity contribution in [1.29, 1.82) is 0 Å². The van der Waals surface area contributed by atoms with Gasteiger partial charge in [-0.15, -0.1) is 0 Å². The van der Waals surface area contributed by atoms with E-state index in [1.807, 2.05) is 0 Å². The van der Waals surface area contributed by atoms with Crippen molar-refractivity contribution in [3.8, 4) is 11.4 Å². The molecule has 6 nitrogen and oxygen atoms in total. The van der Waals surface area contributed by atoms with E-state index in [0.717, 1.165) is 0 Å². The minimum Gasteiger partial charge on any atom is -0.497 e. The maximum Gasteiger partial charge on any atom is 0.236 e. The highest BCUT2D eigenvalue weighted by Crippen LogP contribution is 2.50. The quantitative estimate of drug-likeness (QED) is 0.700. The molecule has 2 heterocycles. The second-order valence-corrected chi connectivity index (χ2v) is 6.36. The fourth-order valence-corrected chi connectivity index (χ4v) is 3.05. The molecule has 2 aromatic heterocycles. The van der Waals surface area contributed by atoms with Crippen LogP contribution in [0.5, 0.6) is 5.75 Å². The van der Waals surface area contributed by atoms with Crippen LogP contribution in [0.2, 0.25) is 0 Å². The van der Waals surface area contributed by atoms with Gasteiger partial charge in [-0.1, -0.05) is 0 Å². The third-order valence-corrected chi connectivity index (χ3v) is 4.68. The molecule has 1 N–H and O–H groups in total. The van der Waals surface area contributed by atoms with Gasteiger partial charge in [0.05, 0.1) is 18.2 Å². The van der Waals surface area contributed by atoms with Crippen LogP contribution < -0.4 is 10.1 Å². The van der Waals surface area contributed by atoms with E-state index in [9.17, 15) is 13.6 Å². The molecular formula is C19H16F2N4O2. The Kier molecular flexibility index (Phi) is 4.10. The average molecular weight is 370 g/mol. The summed E-state index contributed by atoms with van der Waals surface area (Å²) in [7, 11) is 1.49. The molecule has 1 aliphatic rings. The van der Waals surface area contributed by atoms with Crippen LogP contribution in [0.4, 0.5) is 14.6 Å². The van der Waals surface area contributed by atoms with Gasteiger partial charge in [0.25, 0.3) is 0 Å². The highest BCUT2D eigenvalue weighted by Gasteiger charge is 2.53. The second-order valence-electron chi connectivity index (χ2n) is 6.36. The van der Waals surface area contributed by atoms with E-state index >= 15 is 0 Å². The molecule has 8 heteroatoms. The number of methoxy groups -OCH3 is 1. The number of halogens is 2. The third-order valence-electron chi connectivity index (χ3n) is 4.68. The number of rotatable bonds is 5. The van der Waals surface area contributed by atoms with E-state index in [2.05, 4.69) is 15.4 Å². The fraction of sp³-hybridized carbons (Fsp3) is 0.211. The Balaban J connectivity index is 1.56. The largest absolute Gasteiger partial charge is 0.497 e. The molecule has 1 saturated carbocycles. The number of ether oxygens (including phenoxy) is 1. The van der Waals surface area contributed by atoms with Gasteiger partial charge in [-0.25, -0.2) is 14.1 Å². The number of hydrogen-bond donors (Lipinski definition) is 1. The predicted molar refractivity (Wildman–Crippen MR) is 93.8 cm³/mol. The minimum absolute atomic E-state index is 0.298. The fourth-order valence-electron chi connectivity index (χ4n) is 3.05. The molecular weight excluding hydrogens is 354 g/mol. The zero-order valence-electron chi connectivity index (χ0n) is 14.4. The van der Waals surface area contributed by atoms with Crippen molar-refractivity contribution in [3.63, 3.8) is 0 Å². The number of nitrogens with one attached hydrogen (secondary N) is 1. The van der Waals surface area contributed by atoms with Crippen molar-refractivity contribution in [2.45, 2.75) is 18.3 Å². The summed E-state index contributed by atoms with van der Waals surface area (Å²) < 4.78 is 34.1. The van der Waals surface area contributed by atoms with E-state index in [0.29, 0.717) is 35.7 Å². The van der Waals surface area contributed by atoms with Gasteiger partial charge in [0.2, 0.25) is 11.9 Å². The maximum atomic E-state index is 14.3. The molecule has 4 rings (SSSR count). The number of nitrogens with zero attached hydrogens (tertiary/aromatic N) is 3. The number of anilines is 1. The van der Waals surface area contributed by atoms with Gasteiger partial charge in [-0.05, 0) is 37.1 Å². The molecule has 0 atom stereocenters. The molecule has 27 heavy (non-hydrogen) atoms. The standard InChI is InChI=1S/C19H16F2N4O2/c1-27-13-2-3-15(20)14(11-13)19(6-7-19)18(26)23-17-5-9-25(24-17)12-4-8-22-16(21)10-12/h2-5,8-11H,6-7H2,1H3,(H,23,24,26). The molecule has 0 bridgehead atoms. The van der Waals surface area contributed by atoms with Crippen molar-refractivity contribution in [1.82, 2.24) is 14.8 Å². The molecule has 0 radical (unpaired) electrons. The van der Waals surface area contributed by atoms with Gasteiger partial charge >= 0.3 is 0 Å². The van der Waals surface area contributed by atoms with Crippen LogP contribution in [-0.4, -0.2) is 27.8 Å². The summed E-state index contributed by atoms with van der Waals surface area (Å²) in [5.41, 5.74) is -0.136. The Morgan fingerprint density at radius 2 is 2.04 bits per heavy atom. The normalized spacial score (nSPS) is 14.6. The maximum absolute atomic E-state index is 14.3. The first kappa shape index (κ1) is 17.1. The molecule has 0 spiro atoms. The van der Waals surface area contributed by atoms with Crippen molar-refractivity contribution < 1.29 is 18.3 Å². The van der Waals surface area contributed by atoms with Crippen LogP contribution in [0.3, 0.4) is 0 Å². The van der Waals surface area contributed by atoms with Crippen LogP contribution >= 0.6 is 0 Å². The van der Waals surface area contributed by atoms with E-state index in [1.165, 1.54) is 36.2 Å². The van der Waals surface area contributed by atoms with E-state index in [4.69, 9.17) is 4.74 Å². The highest BCUT2D eigenvalue weighted by atomic mass is 19.1. The average Bonchev–Trinajstić information content (AvgIpc) is 3.35. The minimum atomic E-state index is -0.925. The zero-order valence-corrected chi connectivity index (χ0v) is 14.4. The SMILES string of the molecule is COc1ccc(F)c(C2(C(=O)Nc3ccn(-c4ccnc(F)c4)n3)CC2)c1. The highest BCUT2D eigenvalue weighted by molar-refractivity contribution is 6.01. The lowest BCUT2D eigenvalue weighted by atomic mass is 9.94. The summed E-state index contributed by atoms with van der Waals surface area (Å²) in [5, 5.41) is 6.95. The molecule has 1 fully saturated rings. The number of carbonyl (C=O) groups excluding carboxylic acids is 1. The van der Waals surface area contributed by atoms with E-state index in [-0.39, 0.29) is 5.91 Å². The molecule has 0 saturated heterocycles. The third kappa shape index (κ3) is 3.14. The van der Waals surface area contributed by atoms with E-state index < -0.39 is 17.2 Å². The lowest BCUT2D eigenvalue weighted by molar-refractivity contribution is -0.118. The van der Waals surface area contributed by atoms with Crippen molar-refractivity contribution in [2.24, 2.45) is 0 Å². The molecule has 3 aromatic rings. The molecule has 138 valence electrons. The molecule has 1 aromatic carbocycles. The Bertz CT molecular complexity index is 1010. The van der Waals surface area contributed by atoms with Crippen molar-refractivity contribution in [3.05, 3.63) is 66.1 Å². The van der Waals surface area contributed by atoms with Crippen LogP contribution in [0.25, 0.3) is 5.69 Å². The molecule has 0 aliphatic heterocycles. The summed E-state index contributed by atoms with van der Waals surface area (Å²) >= 11 is 0. The Hall–Kier alpha value is -3.29. The summed E-state index contributed by atoms with van der Waals surface area (Å²) in [4.78, 5) is 16.3. The number of pyridine rings is 1. The van der Waals surface area contributed by atoms with Crippen LogP contribution in [0, 0.1) is 11.8 Å². The van der Waals surface area contributed by atoms with Gasteiger partial charge in [0.15, 0.2) is 5.82 Å². The number of hydrogen-bond acceptors (Lipinski definition) is 4. The number of aromatic nitrogens is 3. The Morgan fingerprint density at radius 1 is 1.22 bits per heavy atom. The number of carbonyl (C=O) groups is 1. The van der Waals surface area contributed by atoms with Crippen LogP contribution in [0.15, 0.2) is 48.8 Å². The van der Waals surface area contributed by atoms with Gasteiger partial charge in [0, 0.05) is 30.1 Å².